The van der Waals surface area contributed by atoms with Gasteiger partial charge in [0.15, 0.2) is 0 Å². The molecule has 0 saturated carbocycles. The molecule has 180 valence electrons. The van der Waals surface area contributed by atoms with Crippen molar-refractivity contribution in [1.29, 1.82) is 0 Å². The first-order chi connectivity index (χ1) is 16.8. The van der Waals surface area contributed by atoms with Gasteiger partial charge in [0.05, 0.1) is 31.8 Å². The minimum absolute atomic E-state index is 0.00907. The number of sulfonamides is 1. The van der Waals surface area contributed by atoms with Gasteiger partial charge in [0.1, 0.15) is 10.6 Å². The summed E-state index contributed by atoms with van der Waals surface area (Å²) in [6.45, 7) is 3.76. The Morgan fingerprint density at radius 2 is 1.94 bits per heavy atom. The quantitative estimate of drug-likeness (QED) is 0.338. The summed E-state index contributed by atoms with van der Waals surface area (Å²) in [5.41, 5.74) is 2.19. The molecule has 8 nitrogen and oxygen atoms in total. The number of nitrogens with zero attached hydrogens (tertiary/aromatic N) is 2. The highest BCUT2D eigenvalue weighted by Gasteiger charge is 2.26. The number of benzene rings is 3. The van der Waals surface area contributed by atoms with Crippen LogP contribution in [0.5, 0.6) is 5.75 Å². The Hall–Kier alpha value is -3.82. The van der Waals surface area contributed by atoms with E-state index in [-0.39, 0.29) is 23.8 Å². The minimum Gasteiger partial charge on any atom is -0.497 e. The van der Waals surface area contributed by atoms with Crippen molar-refractivity contribution in [3.8, 4) is 5.75 Å². The molecular weight excluding hydrogens is 488 g/mol. The Bertz CT molecular complexity index is 1480. The normalized spacial score (nSPS) is 11.3. The third-order valence-electron chi connectivity index (χ3n) is 5.40. The lowest BCUT2D eigenvalue weighted by Crippen LogP contribution is -2.26. The van der Waals surface area contributed by atoms with Gasteiger partial charge in [-0.3, -0.25) is 14.2 Å². The van der Waals surface area contributed by atoms with Crippen LogP contribution in [0.15, 0.2) is 84.5 Å². The Morgan fingerprint density at radius 1 is 1.20 bits per heavy atom. The summed E-state index contributed by atoms with van der Waals surface area (Å²) in [5, 5.41) is 10.4. The van der Waals surface area contributed by atoms with Crippen molar-refractivity contribution in [1.82, 2.24) is 14.5 Å². The molecule has 4 rings (SSSR count). The van der Waals surface area contributed by atoms with Crippen molar-refractivity contribution < 1.29 is 17.9 Å². The van der Waals surface area contributed by atoms with Crippen molar-refractivity contribution in [2.24, 2.45) is 0 Å². The van der Waals surface area contributed by atoms with Crippen LogP contribution in [-0.4, -0.2) is 35.9 Å². The number of fused-ring (bicyclic) bond motifs is 1. The number of aromatic amines is 1. The van der Waals surface area contributed by atoms with Crippen LogP contribution in [0.1, 0.15) is 11.1 Å². The lowest BCUT2D eigenvalue weighted by atomic mass is 10.1. The molecule has 0 radical (unpaired) electrons. The summed E-state index contributed by atoms with van der Waals surface area (Å²) in [4.78, 5) is 12.7. The van der Waals surface area contributed by atoms with E-state index in [9.17, 15) is 13.2 Å². The number of carbonyl (C=O) groups is 1. The number of amides is 1. The van der Waals surface area contributed by atoms with E-state index in [0.29, 0.717) is 32.9 Å². The van der Waals surface area contributed by atoms with Crippen LogP contribution in [0.2, 0.25) is 5.02 Å². The Morgan fingerprint density at radius 3 is 2.63 bits per heavy atom. The van der Waals surface area contributed by atoms with Crippen molar-refractivity contribution in [3.05, 3.63) is 95.8 Å². The number of rotatable bonds is 9. The molecule has 0 saturated heterocycles. The fourth-order valence-electron chi connectivity index (χ4n) is 3.61. The average molecular weight is 511 g/mol. The van der Waals surface area contributed by atoms with E-state index < -0.39 is 10.0 Å². The first-order valence-electron chi connectivity index (χ1n) is 10.6. The maximum Gasteiger partial charge on any atom is 0.264 e. The molecule has 35 heavy (non-hydrogen) atoms. The summed E-state index contributed by atoms with van der Waals surface area (Å²) in [7, 11) is -2.47. The van der Waals surface area contributed by atoms with E-state index >= 15 is 0 Å². The molecule has 1 amide bonds. The third-order valence-corrected chi connectivity index (χ3v) is 7.56. The second kappa shape index (κ2) is 10.2. The summed E-state index contributed by atoms with van der Waals surface area (Å²) in [6.07, 6.45) is 2.74. The molecule has 0 aliphatic heterocycles. The first kappa shape index (κ1) is 24.3. The Kier molecular flexibility index (Phi) is 7.09. The lowest BCUT2D eigenvalue weighted by molar-refractivity contribution is -0.115. The number of methoxy groups -OCH3 is 1. The number of aromatic nitrogens is 2. The van der Waals surface area contributed by atoms with Gasteiger partial charge in [0.2, 0.25) is 5.91 Å². The van der Waals surface area contributed by atoms with E-state index in [4.69, 9.17) is 16.3 Å². The van der Waals surface area contributed by atoms with Gasteiger partial charge in [-0.25, -0.2) is 8.42 Å². The second-order valence-electron chi connectivity index (χ2n) is 7.70. The predicted octanol–water partition coefficient (Wildman–Crippen LogP) is 4.74. The van der Waals surface area contributed by atoms with Crippen LogP contribution >= 0.6 is 11.6 Å². The molecule has 0 spiro atoms. The van der Waals surface area contributed by atoms with E-state index in [1.807, 2.05) is 0 Å². The van der Waals surface area contributed by atoms with Gasteiger partial charge in [-0.15, -0.1) is 0 Å². The van der Waals surface area contributed by atoms with Crippen LogP contribution in [-0.2, 0) is 27.8 Å². The molecule has 0 atom stereocenters. The zero-order valence-electron chi connectivity index (χ0n) is 18.9. The molecule has 0 fully saturated rings. The molecule has 1 aromatic heterocycles. The highest BCUT2D eigenvalue weighted by molar-refractivity contribution is 7.89. The van der Waals surface area contributed by atoms with Crippen LogP contribution in [0.4, 0.5) is 5.69 Å². The van der Waals surface area contributed by atoms with Crippen LogP contribution < -0.4 is 10.1 Å². The number of anilines is 1. The summed E-state index contributed by atoms with van der Waals surface area (Å²) in [6, 6.07) is 17.2. The maximum absolute atomic E-state index is 13.6. The maximum atomic E-state index is 13.6. The molecule has 4 aromatic rings. The van der Waals surface area contributed by atoms with Crippen molar-refractivity contribution in [2.75, 3.05) is 12.4 Å². The predicted molar refractivity (Wildman–Crippen MR) is 136 cm³/mol. The molecular formula is C25H23ClN4O4S. The lowest BCUT2D eigenvalue weighted by Gasteiger charge is -2.21. The average Bonchev–Trinajstić information content (AvgIpc) is 3.32. The van der Waals surface area contributed by atoms with Gasteiger partial charge < -0.3 is 10.1 Å². The van der Waals surface area contributed by atoms with Gasteiger partial charge in [-0.05, 0) is 41.5 Å². The molecule has 1 heterocycles. The second-order valence-corrected chi connectivity index (χ2v) is 9.97. The van der Waals surface area contributed by atoms with E-state index in [2.05, 4.69) is 22.1 Å². The monoisotopic (exact) mass is 510 g/mol. The Balaban J connectivity index is 1.64. The number of H-pyrrole nitrogens is 1. The van der Waals surface area contributed by atoms with Gasteiger partial charge in [-0.2, -0.15) is 5.10 Å². The molecule has 10 heteroatoms. The number of halogens is 1. The molecule has 0 aliphatic rings. The third kappa shape index (κ3) is 5.31. The standard InChI is InChI=1S/C25H23ClN4O4S/c1-3-30(16-17-8-10-20(34-2)11-9-17)35(32,33)24-14-19(13-23-21(24)15-27-29-23)28-25(31)12-18-6-4-5-7-22(18)26/h3-11,13-15H,1,12,16H2,2H3,(H,27,29)(H,28,31). The van der Waals surface area contributed by atoms with Crippen molar-refractivity contribution >= 4 is 44.1 Å². The topological polar surface area (TPSA) is 104 Å². The molecule has 2 N–H and O–H groups in total. The van der Waals surface area contributed by atoms with E-state index in [1.165, 1.54) is 18.5 Å². The van der Waals surface area contributed by atoms with E-state index in [1.54, 1.807) is 61.7 Å². The van der Waals surface area contributed by atoms with Gasteiger partial charge in [0.25, 0.3) is 10.0 Å². The summed E-state index contributed by atoms with van der Waals surface area (Å²) < 4.78 is 33.6. The highest BCUT2D eigenvalue weighted by atomic mass is 35.5. The van der Waals surface area contributed by atoms with Crippen molar-refractivity contribution in [3.63, 3.8) is 0 Å². The van der Waals surface area contributed by atoms with E-state index in [0.717, 1.165) is 9.87 Å². The largest absolute Gasteiger partial charge is 0.497 e. The zero-order valence-corrected chi connectivity index (χ0v) is 20.4. The number of carbonyl (C=O) groups excluding carboxylic acids is 1. The smallest absolute Gasteiger partial charge is 0.264 e. The fraction of sp³-hybridized carbons (Fsp3) is 0.120. The number of nitrogens with one attached hydrogen (secondary N) is 2. The van der Waals surface area contributed by atoms with Crippen LogP contribution in [0.3, 0.4) is 0 Å². The van der Waals surface area contributed by atoms with Crippen LogP contribution in [0.25, 0.3) is 10.9 Å². The molecule has 3 aromatic carbocycles. The number of hydrogen-bond acceptors (Lipinski definition) is 5. The zero-order chi connectivity index (χ0) is 25.0. The molecule has 0 aliphatic carbocycles. The Labute approximate surface area is 208 Å². The summed E-state index contributed by atoms with van der Waals surface area (Å²) in [5.74, 6) is 0.334. The number of ether oxygens (including phenoxy) is 1. The highest BCUT2D eigenvalue weighted by Crippen LogP contribution is 2.30. The fourth-order valence-corrected chi connectivity index (χ4v) is 5.30. The SMILES string of the molecule is C=CN(Cc1ccc(OC)cc1)S(=O)(=O)c1cc(NC(=O)Cc2ccccc2Cl)cc2[nH]ncc12. The van der Waals surface area contributed by atoms with Gasteiger partial charge in [-0.1, -0.05) is 48.5 Å². The first-order valence-corrected chi connectivity index (χ1v) is 12.4. The van der Waals surface area contributed by atoms with Gasteiger partial charge >= 0.3 is 0 Å². The van der Waals surface area contributed by atoms with Gasteiger partial charge in [0, 0.05) is 22.3 Å². The number of hydrogen-bond donors (Lipinski definition) is 2. The van der Waals surface area contributed by atoms with Crippen LogP contribution in [0, 0.1) is 0 Å². The minimum atomic E-state index is -4.03. The van der Waals surface area contributed by atoms with Crippen molar-refractivity contribution in [2.45, 2.75) is 17.9 Å². The molecule has 0 unspecified atom stereocenters. The summed E-state index contributed by atoms with van der Waals surface area (Å²) >= 11 is 6.16. The molecule has 0 bridgehead atoms.